The van der Waals surface area contributed by atoms with Gasteiger partial charge in [-0.05, 0) is 28.6 Å². The van der Waals surface area contributed by atoms with Gasteiger partial charge in [-0.2, -0.15) is 5.26 Å². The van der Waals surface area contributed by atoms with Crippen LogP contribution < -0.4 is 0 Å². The van der Waals surface area contributed by atoms with Gasteiger partial charge in [0.1, 0.15) is 0 Å². The molecule has 0 saturated carbocycles. The van der Waals surface area contributed by atoms with E-state index in [1.54, 1.807) is 0 Å². The summed E-state index contributed by atoms with van der Waals surface area (Å²) < 4.78 is 6.97. The van der Waals surface area contributed by atoms with E-state index in [1.165, 1.54) is 0 Å². The van der Waals surface area contributed by atoms with Gasteiger partial charge in [0.2, 0.25) is 8.32 Å². The van der Waals surface area contributed by atoms with Crippen LogP contribution in [0.5, 0.6) is 0 Å². The van der Waals surface area contributed by atoms with Crippen LogP contribution >= 0.6 is 0 Å². The van der Waals surface area contributed by atoms with Gasteiger partial charge in [0.15, 0.2) is 0 Å². The molecule has 0 aliphatic heterocycles. The van der Waals surface area contributed by atoms with Crippen LogP contribution in [0.2, 0.25) is 16.6 Å². The maximum atomic E-state index is 9.66. The molecule has 2 atom stereocenters. The van der Waals surface area contributed by atoms with Crippen LogP contribution in [0.15, 0.2) is 30.3 Å². The zero-order chi connectivity index (χ0) is 17.6. The summed E-state index contributed by atoms with van der Waals surface area (Å²) in [6.45, 7) is 15.8. The number of rotatable bonds is 8. The fourth-order valence-electron chi connectivity index (χ4n) is 4.03. The molecule has 0 bridgehead atoms. The molecule has 0 radical (unpaired) electrons. The van der Waals surface area contributed by atoms with Crippen LogP contribution in [0.4, 0.5) is 0 Å². The van der Waals surface area contributed by atoms with E-state index in [0.717, 1.165) is 12.0 Å². The summed E-state index contributed by atoms with van der Waals surface area (Å²) in [6, 6.07) is 12.8. The SMILES string of the molecule is CCC(C#N)C(O[Si](C(C)C)(C(C)C)C(C)C)c1ccccc1. The van der Waals surface area contributed by atoms with Crippen molar-refractivity contribution in [2.75, 3.05) is 0 Å². The third kappa shape index (κ3) is 4.25. The van der Waals surface area contributed by atoms with E-state index < -0.39 is 8.32 Å². The molecule has 1 rings (SSSR count). The highest BCUT2D eigenvalue weighted by molar-refractivity contribution is 6.77. The van der Waals surface area contributed by atoms with Gasteiger partial charge in [-0.1, -0.05) is 78.8 Å². The minimum atomic E-state index is -2.02. The highest BCUT2D eigenvalue weighted by Gasteiger charge is 2.47. The molecular weight excluding hydrogens is 298 g/mol. The predicted octanol–water partition coefficient (Wildman–Crippen LogP) is 6.47. The molecule has 128 valence electrons. The molecular formula is C20H33NOSi. The van der Waals surface area contributed by atoms with E-state index >= 15 is 0 Å². The van der Waals surface area contributed by atoms with Crippen molar-refractivity contribution >= 4 is 8.32 Å². The Morgan fingerprint density at radius 3 is 1.78 bits per heavy atom. The second-order valence-electron chi connectivity index (χ2n) is 7.41. The summed E-state index contributed by atoms with van der Waals surface area (Å²) in [4.78, 5) is 0. The van der Waals surface area contributed by atoms with Crippen LogP contribution in [0.1, 0.15) is 66.6 Å². The van der Waals surface area contributed by atoms with Crippen molar-refractivity contribution in [3.63, 3.8) is 0 Å². The summed E-state index contributed by atoms with van der Waals surface area (Å²) in [5, 5.41) is 9.66. The van der Waals surface area contributed by atoms with Crippen molar-refractivity contribution < 1.29 is 4.43 Å². The molecule has 0 aliphatic rings. The normalized spacial score (nSPS) is 15.0. The first-order chi connectivity index (χ1) is 10.8. The number of hydrogen-bond acceptors (Lipinski definition) is 2. The first-order valence-electron chi connectivity index (χ1n) is 8.93. The summed E-state index contributed by atoms with van der Waals surface area (Å²) in [5.41, 5.74) is 2.69. The zero-order valence-electron chi connectivity index (χ0n) is 15.8. The molecule has 0 aromatic heterocycles. The molecule has 0 heterocycles. The minimum Gasteiger partial charge on any atom is -0.408 e. The number of benzene rings is 1. The lowest BCUT2D eigenvalue weighted by atomic mass is 9.95. The topological polar surface area (TPSA) is 33.0 Å². The van der Waals surface area contributed by atoms with Crippen LogP contribution in [-0.2, 0) is 4.43 Å². The average Bonchev–Trinajstić information content (AvgIpc) is 2.51. The molecule has 3 heteroatoms. The van der Waals surface area contributed by atoms with Crippen molar-refractivity contribution in [3.05, 3.63) is 35.9 Å². The van der Waals surface area contributed by atoms with E-state index in [-0.39, 0.29) is 12.0 Å². The lowest BCUT2D eigenvalue weighted by Gasteiger charge is -2.45. The Bertz CT molecular complexity index is 482. The average molecular weight is 332 g/mol. The molecule has 0 amide bonds. The quantitative estimate of drug-likeness (QED) is 0.511. The smallest absolute Gasteiger partial charge is 0.201 e. The van der Waals surface area contributed by atoms with Crippen LogP contribution in [0.25, 0.3) is 0 Å². The van der Waals surface area contributed by atoms with E-state index in [1.807, 2.05) is 18.2 Å². The molecule has 23 heavy (non-hydrogen) atoms. The standard InChI is InChI=1S/C20H33NOSi/c1-8-18(14-21)20(19-12-10-9-11-13-19)22-23(15(2)3,16(4)5)17(6)7/h9-13,15-18,20H,8H2,1-7H3. The second kappa shape index (κ2) is 8.66. The molecule has 0 spiro atoms. The third-order valence-electron chi connectivity index (χ3n) is 5.14. The minimum absolute atomic E-state index is 0.0967. The van der Waals surface area contributed by atoms with Gasteiger partial charge >= 0.3 is 0 Å². The molecule has 2 nitrogen and oxygen atoms in total. The van der Waals surface area contributed by atoms with Crippen LogP contribution in [-0.4, -0.2) is 8.32 Å². The highest BCUT2D eigenvalue weighted by Crippen LogP contribution is 2.46. The first-order valence-corrected chi connectivity index (χ1v) is 11.1. The summed E-state index contributed by atoms with van der Waals surface area (Å²) in [6.07, 6.45) is 0.694. The zero-order valence-corrected chi connectivity index (χ0v) is 16.8. The Morgan fingerprint density at radius 1 is 0.957 bits per heavy atom. The van der Waals surface area contributed by atoms with E-state index in [4.69, 9.17) is 4.43 Å². The molecule has 1 aromatic rings. The van der Waals surface area contributed by atoms with E-state index in [2.05, 4.69) is 66.7 Å². The second-order valence-corrected chi connectivity index (χ2v) is 12.8. The van der Waals surface area contributed by atoms with Crippen molar-refractivity contribution in [2.45, 2.75) is 77.6 Å². The van der Waals surface area contributed by atoms with E-state index in [9.17, 15) is 5.26 Å². The Balaban J connectivity index is 3.34. The van der Waals surface area contributed by atoms with Gasteiger partial charge in [-0.3, -0.25) is 0 Å². The molecule has 0 fully saturated rings. The number of nitrogens with zero attached hydrogens (tertiary/aromatic N) is 1. The van der Waals surface area contributed by atoms with Gasteiger partial charge in [0, 0.05) is 0 Å². The molecule has 0 aliphatic carbocycles. The van der Waals surface area contributed by atoms with Gasteiger partial charge in [0.25, 0.3) is 0 Å². The summed E-state index contributed by atoms with van der Waals surface area (Å²) in [7, 11) is -2.02. The van der Waals surface area contributed by atoms with Crippen LogP contribution in [0.3, 0.4) is 0 Å². The molecule has 0 saturated heterocycles. The Labute approximate surface area is 144 Å². The molecule has 2 unspecified atom stereocenters. The maximum Gasteiger partial charge on any atom is 0.201 e. The van der Waals surface area contributed by atoms with Crippen molar-refractivity contribution in [3.8, 4) is 6.07 Å². The predicted molar refractivity (Wildman–Crippen MR) is 101 cm³/mol. The third-order valence-corrected chi connectivity index (χ3v) is 11.2. The monoisotopic (exact) mass is 331 g/mol. The van der Waals surface area contributed by atoms with Crippen LogP contribution in [0, 0.1) is 17.2 Å². The van der Waals surface area contributed by atoms with Gasteiger partial charge in [0.05, 0.1) is 18.1 Å². The lowest BCUT2D eigenvalue weighted by molar-refractivity contribution is 0.134. The number of nitriles is 1. The number of hydrogen-bond donors (Lipinski definition) is 0. The summed E-state index contributed by atoms with van der Waals surface area (Å²) >= 11 is 0. The van der Waals surface area contributed by atoms with Gasteiger partial charge in [-0.25, -0.2) is 0 Å². The Hall–Kier alpha value is -1.11. The molecule has 0 N–H and O–H groups in total. The van der Waals surface area contributed by atoms with Crippen molar-refractivity contribution in [1.82, 2.24) is 0 Å². The van der Waals surface area contributed by atoms with Crippen molar-refractivity contribution in [2.24, 2.45) is 5.92 Å². The Morgan fingerprint density at radius 2 is 1.43 bits per heavy atom. The van der Waals surface area contributed by atoms with E-state index in [0.29, 0.717) is 16.6 Å². The Kier molecular flexibility index (Phi) is 7.50. The lowest BCUT2D eigenvalue weighted by Crippen LogP contribution is -2.49. The largest absolute Gasteiger partial charge is 0.408 e. The van der Waals surface area contributed by atoms with Gasteiger partial charge < -0.3 is 4.43 Å². The summed E-state index contributed by atoms with van der Waals surface area (Å²) in [5.74, 6) is -0.0967. The fourth-order valence-corrected chi connectivity index (χ4v) is 9.58. The van der Waals surface area contributed by atoms with Gasteiger partial charge in [-0.15, -0.1) is 0 Å². The molecule has 1 aromatic carbocycles. The highest BCUT2D eigenvalue weighted by atomic mass is 28.4. The van der Waals surface area contributed by atoms with Crippen molar-refractivity contribution in [1.29, 1.82) is 5.26 Å². The fraction of sp³-hybridized carbons (Fsp3) is 0.650. The first kappa shape index (κ1) is 19.9. The maximum absolute atomic E-state index is 9.66.